The number of carbonyl (C=O) groups excluding carboxylic acids is 3. The molecule has 0 unspecified atom stereocenters. The van der Waals surface area contributed by atoms with Crippen molar-refractivity contribution in [2.45, 2.75) is 44.1 Å². The fourth-order valence-corrected chi connectivity index (χ4v) is 6.41. The molecule has 3 aliphatic carbocycles. The normalized spacial score (nSPS) is 24.0. The molecule has 210 valence electrons. The van der Waals surface area contributed by atoms with Gasteiger partial charge in [0.05, 0.1) is 5.56 Å². The van der Waals surface area contributed by atoms with E-state index in [9.17, 15) is 40.0 Å². The third-order valence-electron chi connectivity index (χ3n) is 8.40. The van der Waals surface area contributed by atoms with Gasteiger partial charge in [-0.1, -0.05) is 0 Å². The van der Waals surface area contributed by atoms with E-state index in [4.69, 9.17) is 5.73 Å². The first kappa shape index (κ1) is 27.2. The van der Waals surface area contributed by atoms with Crippen LogP contribution in [0.25, 0.3) is 5.76 Å². The second-order valence-electron chi connectivity index (χ2n) is 11.0. The van der Waals surface area contributed by atoms with E-state index in [0.717, 1.165) is 16.0 Å². The van der Waals surface area contributed by atoms with E-state index in [0.29, 0.717) is 30.4 Å². The van der Waals surface area contributed by atoms with E-state index in [1.54, 1.807) is 12.1 Å². The van der Waals surface area contributed by atoms with Crippen molar-refractivity contribution in [1.29, 1.82) is 0 Å². The molecule has 0 bridgehead atoms. The zero-order valence-corrected chi connectivity index (χ0v) is 22.2. The van der Waals surface area contributed by atoms with Crippen molar-refractivity contribution in [2.24, 2.45) is 17.6 Å². The van der Waals surface area contributed by atoms with Crippen LogP contribution in [0, 0.1) is 11.8 Å². The van der Waals surface area contributed by atoms with Crippen LogP contribution in [-0.4, -0.2) is 62.8 Å². The molecule has 0 spiro atoms. The molecule has 2 aromatic rings. The van der Waals surface area contributed by atoms with Crippen molar-refractivity contribution >= 4 is 28.9 Å². The Kier molecular flexibility index (Phi) is 6.57. The number of anilines is 1. The molecule has 3 aliphatic rings. The standard InChI is InChI=1S/C29H31N3O8/c1-31(2)19-12-15(5-3-4-14-6-8-32(40)9-7-14)24(34)22-18(19)11-16-10-17-13-20(33)23(28(30)38)27(37)29(17,39)26(36)21(16)25(22)35/h6-9,12,16-17,39H,3-5,10-11,13H2,1-2H3,(H5-,30,33,34,35,36,37,38,40)/p+1/t16-,17+,29+/m1/s1. The van der Waals surface area contributed by atoms with Crippen LogP contribution in [0.2, 0.25) is 0 Å². The number of carbonyl (C=O) groups is 3. The van der Waals surface area contributed by atoms with E-state index in [-0.39, 0.29) is 36.1 Å². The number of amides is 1. The van der Waals surface area contributed by atoms with Gasteiger partial charge in [0.2, 0.25) is 18.2 Å². The maximum Gasteiger partial charge on any atom is 0.255 e. The number of pyridine rings is 1. The number of fused-ring (bicyclic) bond motifs is 3. The first-order chi connectivity index (χ1) is 18.9. The lowest BCUT2D eigenvalue weighted by Gasteiger charge is -2.46. The number of ketones is 2. The molecule has 1 heterocycles. The summed E-state index contributed by atoms with van der Waals surface area (Å²) in [6.45, 7) is 0. The van der Waals surface area contributed by atoms with Gasteiger partial charge in [0, 0.05) is 54.6 Å². The van der Waals surface area contributed by atoms with Crippen LogP contribution < -0.4 is 15.4 Å². The fourth-order valence-electron chi connectivity index (χ4n) is 6.41. The zero-order valence-electron chi connectivity index (χ0n) is 22.2. The van der Waals surface area contributed by atoms with Crippen LogP contribution >= 0.6 is 0 Å². The number of phenolic OH excluding ortho intramolecular Hbond substituents is 1. The maximum atomic E-state index is 13.8. The molecule has 0 radical (unpaired) electrons. The molecule has 11 nitrogen and oxygen atoms in total. The lowest BCUT2D eigenvalue weighted by atomic mass is 9.59. The van der Waals surface area contributed by atoms with Crippen LogP contribution in [0.4, 0.5) is 5.69 Å². The highest BCUT2D eigenvalue weighted by Crippen LogP contribution is 2.53. The molecule has 1 fully saturated rings. The second kappa shape index (κ2) is 9.67. The minimum absolute atomic E-state index is 0.0865. The van der Waals surface area contributed by atoms with E-state index in [1.165, 1.54) is 12.4 Å². The number of phenols is 1. The number of rotatable bonds is 6. The second-order valence-corrected chi connectivity index (χ2v) is 11.0. The molecule has 11 heteroatoms. The monoisotopic (exact) mass is 550 g/mol. The highest BCUT2D eigenvalue weighted by molar-refractivity contribution is 6.22. The number of nitrogens with two attached hydrogens (primary N) is 1. The average molecular weight is 551 g/mol. The van der Waals surface area contributed by atoms with Gasteiger partial charge in [-0.25, -0.2) is 0 Å². The molecule has 7 N–H and O–H groups in total. The topological polar surface area (TPSA) is 186 Å². The van der Waals surface area contributed by atoms with Gasteiger partial charge < -0.3 is 31.1 Å². The summed E-state index contributed by atoms with van der Waals surface area (Å²) in [5, 5.41) is 54.4. The van der Waals surface area contributed by atoms with E-state index >= 15 is 0 Å². The molecule has 3 atom stereocenters. The van der Waals surface area contributed by atoms with Crippen LogP contribution in [0.15, 0.2) is 47.5 Å². The SMILES string of the molecule is CN(C)c1cc(CCCc2cc[n+](O)cc2)c(O)c2c1C[C@H]1C[C@H]3CC(=O)C(C(N)=O)=C(O)[C@@]3(O)C(=O)C1=C2O. The van der Waals surface area contributed by atoms with Crippen LogP contribution in [0.5, 0.6) is 5.75 Å². The van der Waals surface area contributed by atoms with E-state index in [1.807, 2.05) is 25.1 Å². The molecule has 1 aromatic carbocycles. The van der Waals surface area contributed by atoms with Gasteiger partial charge >= 0.3 is 0 Å². The number of aliphatic hydroxyl groups is 3. The number of aryl methyl sites for hydroxylation is 2. The number of hydrogen-bond acceptors (Lipinski definition) is 9. The van der Waals surface area contributed by atoms with Crippen molar-refractivity contribution in [2.75, 3.05) is 19.0 Å². The molecule has 1 saturated carbocycles. The summed E-state index contributed by atoms with van der Waals surface area (Å²) in [5.41, 5.74) is 4.72. The van der Waals surface area contributed by atoms with Gasteiger partial charge in [-0.15, -0.1) is 0 Å². The Morgan fingerprint density at radius 1 is 1.12 bits per heavy atom. The predicted molar refractivity (Wildman–Crippen MR) is 142 cm³/mol. The highest BCUT2D eigenvalue weighted by Gasteiger charge is 2.60. The number of aliphatic hydroxyl groups excluding tert-OH is 2. The largest absolute Gasteiger partial charge is 0.508 e. The molecule has 40 heavy (non-hydrogen) atoms. The zero-order chi connectivity index (χ0) is 29.1. The minimum atomic E-state index is -2.59. The van der Waals surface area contributed by atoms with Gasteiger partial charge in [-0.05, 0) is 60.8 Å². The van der Waals surface area contributed by atoms with Gasteiger partial charge in [0.15, 0.2) is 11.4 Å². The Balaban J connectivity index is 1.57. The van der Waals surface area contributed by atoms with Crippen LogP contribution in [0.1, 0.15) is 41.5 Å². The number of hydrogen-bond donors (Lipinski definition) is 6. The number of Topliss-reactive ketones (excluding diaryl/α,β-unsaturated/α-hetero) is 2. The van der Waals surface area contributed by atoms with Crippen molar-refractivity contribution < 1.29 is 44.7 Å². The molecule has 5 rings (SSSR count). The third-order valence-corrected chi connectivity index (χ3v) is 8.40. The summed E-state index contributed by atoms with van der Waals surface area (Å²) >= 11 is 0. The number of primary amides is 1. The molecule has 1 amide bonds. The maximum absolute atomic E-state index is 13.8. The third kappa shape index (κ3) is 4.08. The molecule has 1 aromatic heterocycles. The fraction of sp³-hybridized carbons (Fsp3) is 0.379. The Labute approximate surface area is 230 Å². The number of nitrogens with zero attached hydrogens (tertiary/aromatic N) is 2. The first-order valence-electron chi connectivity index (χ1n) is 13.1. The van der Waals surface area contributed by atoms with Crippen LogP contribution in [-0.2, 0) is 33.6 Å². The number of aromatic nitrogens is 1. The van der Waals surface area contributed by atoms with Crippen molar-refractivity contribution in [3.05, 3.63) is 69.8 Å². The van der Waals surface area contributed by atoms with Gasteiger partial charge in [-0.2, -0.15) is 0 Å². The molecular weight excluding hydrogens is 518 g/mol. The summed E-state index contributed by atoms with van der Waals surface area (Å²) in [5.74, 6) is -6.36. The summed E-state index contributed by atoms with van der Waals surface area (Å²) in [6.07, 6.45) is 4.81. The molecule has 0 saturated heterocycles. The van der Waals surface area contributed by atoms with E-state index < -0.39 is 52.0 Å². The van der Waals surface area contributed by atoms with E-state index in [2.05, 4.69) is 0 Å². The number of aromatic hydroxyl groups is 1. The first-order valence-corrected chi connectivity index (χ1v) is 13.1. The van der Waals surface area contributed by atoms with Crippen molar-refractivity contribution in [3.63, 3.8) is 0 Å². The van der Waals surface area contributed by atoms with Gasteiger partial charge in [0.1, 0.15) is 22.8 Å². The number of benzene rings is 1. The Morgan fingerprint density at radius 2 is 1.80 bits per heavy atom. The smallest absolute Gasteiger partial charge is 0.255 e. The highest BCUT2D eigenvalue weighted by atomic mass is 16.5. The Hall–Kier alpha value is -4.38. The van der Waals surface area contributed by atoms with Crippen molar-refractivity contribution in [3.8, 4) is 5.75 Å². The van der Waals surface area contributed by atoms with Gasteiger partial charge in [0.25, 0.3) is 5.91 Å². The Bertz CT molecular complexity index is 1510. The van der Waals surface area contributed by atoms with Gasteiger partial charge in [-0.3, -0.25) is 19.6 Å². The summed E-state index contributed by atoms with van der Waals surface area (Å²) in [7, 11) is 3.67. The quantitative estimate of drug-likeness (QED) is 0.175. The summed E-state index contributed by atoms with van der Waals surface area (Å²) in [4.78, 5) is 40.0. The summed E-state index contributed by atoms with van der Waals surface area (Å²) in [6, 6.07) is 5.43. The summed E-state index contributed by atoms with van der Waals surface area (Å²) < 4.78 is 0.951. The molecule has 0 aliphatic heterocycles. The van der Waals surface area contributed by atoms with Crippen molar-refractivity contribution in [1.82, 2.24) is 0 Å². The predicted octanol–water partition coefficient (Wildman–Crippen LogP) is 1.19. The van der Waals surface area contributed by atoms with Crippen LogP contribution in [0.3, 0.4) is 0 Å². The lowest BCUT2D eigenvalue weighted by molar-refractivity contribution is -0.904. The minimum Gasteiger partial charge on any atom is -0.508 e. The lowest BCUT2D eigenvalue weighted by Crippen LogP contribution is -2.58. The Morgan fingerprint density at radius 3 is 2.42 bits per heavy atom. The molecular formula is C29H32N3O8+. The average Bonchev–Trinajstić information content (AvgIpc) is 2.88.